The van der Waals surface area contributed by atoms with Gasteiger partial charge < -0.3 is 9.84 Å². The van der Waals surface area contributed by atoms with E-state index in [1.54, 1.807) is 19.1 Å². The number of ether oxygens (including phenoxy) is 1. The number of benzene rings is 2. The number of hydrogen-bond acceptors (Lipinski definition) is 2. The Morgan fingerprint density at radius 1 is 1.21 bits per heavy atom. The topological polar surface area (TPSA) is 29.5 Å². The van der Waals surface area contributed by atoms with E-state index in [0.717, 1.165) is 10.0 Å². The van der Waals surface area contributed by atoms with Crippen LogP contribution in [0.1, 0.15) is 12.5 Å². The Morgan fingerprint density at radius 3 is 2.58 bits per heavy atom. The van der Waals surface area contributed by atoms with E-state index in [2.05, 4.69) is 15.9 Å². The van der Waals surface area contributed by atoms with Crippen molar-refractivity contribution in [2.45, 2.75) is 12.5 Å². The Hall–Kier alpha value is -1.03. The summed E-state index contributed by atoms with van der Waals surface area (Å²) in [4.78, 5) is 0. The molecule has 2 aromatic carbocycles. The van der Waals surface area contributed by atoms with E-state index in [9.17, 15) is 5.11 Å². The van der Waals surface area contributed by atoms with Crippen LogP contribution in [0.25, 0.3) is 0 Å². The second-order valence-electron chi connectivity index (χ2n) is 4.50. The van der Waals surface area contributed by atoms with Crippen LogP contribution in [0.5, 0.6) is 5.75 Å². The van der Waals surface area contributed by atoms with Crippen molar-refractivity contribution in [1.29, 1.82) is 0 Å². The third-order valence-electron chi connectivity index (χ3n) is 2.80. The van der Waals surface area contributed by atoms with Gasteiger partial charge >= 0.3 is 0 Å². The summed E-state index contributed by atoms with van der Waals surface area (Å²) in [5.74, 6) is 0.548. The lowest BCUT2D eigenvalue weighted by Crippen LogP contribution is -2.29. The van der Waals surface area contributed by atoms with Gasteiger partial charge in [-0.2, -0.15) is 0 Å². The molecular weight excluding hydrogens is 328 g/mol. The fraction of sp³-hybridized carbons (Fsp3) is 0.200. The fourth-order valence-corrected chi connectivity index (χ4v) is 2.20. The van der Waals surface area contributed by atoms with Crippen LogP contribution in [0.15, 0.2) is 53.0 Å². The third-order valence-corrected chi connectivity index (χ3v) is 3.60. The molecule has 0 heterocycles. The minimum atomic E-state index is -1.06. The Kier molecular flexibility index (Phi) is 4.50. The lowest BCUT2D eigenvalue weighted by Gasteiger charge is -2.24. The van der Waals surface area contributed by atoms with Crippen LogP contribution in [0.3, 0.4) is 0 Å². The predicted octanol–water partition coefficient (Wildman–Crippen LogP) is 4.39. The quantitative estimate of drug-likeness (QED) is 0.894. The summed E-state index contributed by atoms with van der Waals surface area (Å²) < 4.78 is 6.51. The molecule has 1 unspecified atom stereocenters. The molecule has 19 heavy (non-hydrogen) atoms. The minimum Gasteiger partial charge on any atom is -0.489 e. The lowest BCUT2D eigenvalue weighted by atomic mass is 9.97. The highest BCUT2D eigenvalue weighted by molar-refractivity contribution is 9.10. The first-order chi connectivity index (χ1) is 8.99. The van der Waals surface area contributed by atoms with Gasteiger partial charge in [0, 0.05) is 4.47 Å². The van der Waals surface area contributed by atoms with E-state index >= 15 is 0 Å². The maximum Gasteiger partial charge on any atom is 0.139 e. The highest BCUT2D eigenvalue weighted by atomic mass is 79.9. The van der Waals surface area contributed by atoms with E-state index in [4.69, 9.17) is 16.3 Å². The first-order valence-corrected chi connectivity index (χ1v) is 7.02. The van der Waals surface area contributed by atoms with Crippen molar-refractivity contribution in [2.24, 2.45) is 0 Å². The molecule has 0 fully saturated rings. The molecule has 1 N–H and O–H groups in total. The SMILES string of the molecule is CC(O)(COc1cc(Br)ccc1Cl)c1ccccc1. The fourth-order valence-electron chi connectivity index (χ4n) is 1.69. The molecule has 0 bridgehead atoms. The molecule has 1 atom stereocenters. The lowest BCUT2D eigenvalue weighted by molar-refractivity contribution is 0.00762. The van der Waals surface area contributed by atoms with Crippen LogP contribution in [-0.2, 0) is 5.60 Å². The van der Waals surface area contributed by atoms with Gasteiger partial charge in [-0.3, -0.25) is 0 Å². The van der Waals surface area contributed by atoms with Gasteiger partial charge in [-0.1, -0.05) is 57.9 Å². The van der Waals surface area contributed by atoms with Gasteiger partial charge in [-0.15, -0.1) is 0 Å². The Bertz CT molecular complexity index is 555. The summed E-state index contributed by atoms with van der Waals surface area (Å²) in [7, 11) is 0. The van der Waals surface area contributed by atoms with Gasteiger partial charge in [-0.25, -0.2) is 0 Å². The van der Waals surface area contributed by atoms with Crippen molar-refractivity contribution in [2.75, 3.05) is 6.61 Å². The largest absolute Gasteiger partial charge is 0.489 e. The predicted molar refractivity (Wildman–Crippen MR) is 80.7 cm³/mol. The first kappa shape index (κ1) is 14.4. The van der Waals surface area contributed by atoms with Crippen LogP contribution >= 0.6 is 27.5 Å². The highest BCUT2D eigenvalue weighted by Crippen LogP contribution is 2.30. The maximum absolute atomic E-state index is 10.4. The summed E-state index contributed by atoms with van der Waals surface area (Å²) in [6.45, 7) is 1.85. The molecule has 0 aromatic heterocycles. The molecule has 2 aromatic rings. The summed E-state index contributed by atoms with van der Waals surface area (Å²) in [5, 5.41) is 10.9. The molecule has 0 amide bonds. The average Bonchev–Trinajstić information content (AvgIpc) is 2.41. The summed E-state index contributed by atoms with van der Waals surface area (Å²) in [6, 6.07) is 14.8. The van der Waals surface area contributed by atoms with Crippen molar-refractivity contribution in [3.8, 4) is 5.75 Å². The average molecular weight is 342 g/mol. The van der Waals surface area contributed by atoms with Gasteiger partial charge in [0.15, 0.2) is 0 Å². The van der Waals surface area contributed by atoms with Crippen LogP contribution in [0, 0.1) is 0 Å². The molecule has 4 heteroatoms. The second-order valence-corrected chi connectivity index (χ2v) is 5.83. The molecule has 2 rings (SSSR count). The zero-order valence-electron chi connectivity index (χ0n) is 10.4. The number of halogens is 2. The van der Waals surface area contributed by atoms with Crippen molar-refractivity contribution in [3.63, 3.8) is 0 Å². The molecule has 2 nitrogen and oxygen atoms in total. The van der Waals surface area contributed by atoms with Gasteiger partial charge in [0.25, 0.3) is 0 Å². The zero-order chi connectivity index (χ0) is 13.9. The Morgan fingerprint density at radius 2 is 1.89 bits per heavy atom. The van der Waals surface area contributed by atoms with Crippen molar-refractivity contribution in [3.05, 3.63) is 63.6 Å². The molecule has 0 aliphatic rings. The van der Waals surface area contributed by atoms with E-state index in [0.29, 0.717) is 10.8 Å². The van der Waals surface area contributed by atoms with Crippen molar-refractivity contribution >= 4 is 27.5 Å². The molecule has 0 saturated carbocycles. The standard InChI is InChI=1S/C15H14BrClO2/c1-15(18,11-5-3-2-4-6-11)10-19-14-9-12(16)7-8-13(14)17/h2-9,18H,10H2,1H3. The summed E-state index contributed by atoms with van der Waals surface area (Å²) >= 11 is 9.40. The molecular formula is C15H14BrClO2. The number of hydrogen-bond donors (Lipinski definition) is 1. The molecule has 0 aliphatic carbocycles. The normalized spacial score (nSPS) is 13.9. The molecule has 0 radical (unpaired) electrons. The Balaban J connectivity index is 2.12. The zero-order valence-corrected chi connectivity index (χ0v) is 12.8. The van der Waals surface area contributed by atoms with Gasteiger partial charge in [0.05, 0.1) is 5.02 Å². The molecule has 0 spiro atoms. The van der Waals surface area contributed by atoms with E-state index < -0.39 is 5.60 Å². The van der Waals surface area contributed by atoms with Gasteiger partial charge in [0.2, 0.25) is 0 Å². The van der Waals surface area contributed by atoms with E-state index in [-0.39, 0.29) is 6.61 Å². The minimum absolute atomic E-state index is 0.132. The van der Waals surface area contributed by atoms with Crippen molar-refractivity contribution < 1.29 is 9.84 Å². The molecule has 0 saturated heterocycles. The van der Waals surface area contributed by atoms with E-state index in [1.807, 2.05) is 36.4 Å². The second kappa shape index (κ2) is 5.95. The van der Waals surface area contributed by atoms with Gasteiger partial charge in [-0.05, 0) is 30.7 Å². The van der Waals surface area contributed by atoms with Crippen LogP contribution in [0.2, 0.25) is 5.02 Å². The monoisotopic (exact) mass is 340 g/mol. The van der Waals surface area contributed by atoms with Crippen molar-refractivity contribution in [1.82, 2.24) is 0 Å². The van der Waals surface area contributed by atoms with Gasteiger partial charge in [0.1, 0.15) is 18.0 Å². The maximum atomic E-state index is 10.4. The smallest absolute Gasteiger partial charge is 0.139 e. The Labute approximate surface area is 126 Å². The van der Waals surface area contributed by atoms with E-state index in [1.165, 1.54) is 0 Å². The van der Waals surface area contributed by atoms with Crippen LogP contribution in [0.4, 0.5) is 0 Å². The molecule has 0 aliphatic heterocycles. The first-order valence-electron chi connectivity index (χ1n) is 5.85. The number of aliphatic hydroxyl groups is 1. The van der Waals surface area contributed by atoms with Crippen LogP contribution in [-0.4, -0.2) is 11.7 Å². The van der Waals surface area contributed by atoms with Crippen LogP contribution < -0.4 is 4.74 Å². The third kappa shape index (κ3) is 3.72. The summed E-state index contributed by atoms with van der Waals surface area (Å²) in [6.07, 6.45) is 0. The number of rotatable bonds is 4. The highest BCUT2D eigenvalue weighted by Gasteiger charge is 2.24. The summed E-state index contributed by atoms with van der Waals surface area (Å²) in [5.41, 5.74) is -0.256. The molecule has 100 valence electrons.